The fourth-order valence-corrected chi connectivity index (χ4v) is 2.58. The van der Waals surface area contributed by atoms with Gasteiger partial charge in [0, 0.05) is 0 Å². The number of hydrogen-bond acceptors (Lipinski definition) is 1. The molecule has 2 rings (SSSR count). The topological polar surface area (TPSA) is 3.24 Å². The van der Waals surface area contributed by atoms with E-state index in [1.54, 1.807) is 0 Å². The van der Waals surface area contributed by atoms with Crippen molar-refractivity contribution in [2.75, 3.05) is 13.1 Å². The van der Waals surface area contributed by atoms with Crippen molar-refractivity contribution < 1.29 is 0 Å². The molecule has 2 aliphatic rings. The van der Waals surface area contributed by atoms with Crippen LogP contribution >= 0.6 is 0 Å². The lowest BCUT2D eigenvalue weighted by molar-refractivity contribution is -0.0665. The average Bonchev–Trinajstić information content (AvgIpc) is 1.58. The first-order chi connectivity index (χ1) is 4.20. The summed E-state index contributed by atoms with van der Waals surface area (Å²) < 4.78 is 0. The minimum absolute atomic E-state index is 0.751. The van der Waals surface area contributed by atoms with E-state index >= 15 is 0 Å². The lowest BCUT2D eigenvalue weighted by atomic mass is 9.58. The van der Waals surface area contributed by atoms with Crippen molar-refractivity contribution in [2.45, 2.75) is 19.8 Å². The molecule has 1 aliphatic heterocycles. The molecule has 0 radical (unpaired) electrons. The quantitative estimate of drug-likeness (QED) is 0.442. The van der Waals surface area contributed by atoms with Crippen LogP contribution in [0.2, 0.25) is 0 Å². The highest BCUT2D eigenvalue weighted by molar-refractivity contribution is 5.02. The first-order valence-corrected chi connectivity index (χ1v) is 3.76. The Balaban J connectivity index is 1.87. The van der Waals surface area contributed by atoms with Crippen molar-refractivity contribution in [3.8, 4) is 0 Å². The minimum atomic E-state index is 0.751. The first-order valence-electron chi connectivity index (χ1n) is 3.76. The van der Waals surface area contributed by atoms with Crippen molar-refractivity contribution in [2.24, 2.45) is 11.3 Å². The monoisotopic (exact) mass is 124 g/mol. The maximum absolute atomic E-state index is 3.88. The zero-order valence-corrected chi connectivity index (χ0v) is 6.06. The van der Waals surface area contributed by atoms with Crippen molar-refractivity contribution >= 4 is 0 Å². The Bertz CT molecular complexity index is 99.0. The summed E-state index contributed by atoms with van der Waals surface area (Å²) in [6.45, 7) is 4.87. The maximum atomic E-state index is 3.88. The van der Waals surface area contributed by atoms with Crippen molar-refractivity contribution in [1.29, 1.82) is 0 Å². The lowest BCUT2D eigenvalue weighted by Gasteiger charge is -2.61. The second kappa shape index (κ2) is 1.51. The van der Waals surface area contributed by atoms with Gasteiger partial charge in [-0.15, -0.1) is 0 Å². The van der Waals surface area contributed by atoms with Gasteiger partial charge in [0.1, 0.15) is 0 Å². The van der Waals surface area contributed by atoms with E-state index in [0.717, 1.165) is 11.3 Å². The summed E-state index contributed by atoms with van der Waals surface area (Å²) >= 11 is 0. The maximum Gasteiger partial charge on any atom is -0.00857 e. The molecule has 0 atom stereocenters. The smallest absolute Gasteiger partial charge is 0.00857 e. The molecule has 1 aliphatic carbocycles. The van der Waals surface area contributed by atoms with Gasteiger partial charge in [-0.2, -0.15) is 0 Å². The molecular weight excluding hydrogens is 110 g/mol. The molecule has 1 heterocycles. The highest BCUT2D eigenvalue weighted by Gasteiger charge is 2.46. The summed E-state index contributed by atoms with van der Waals surface area (Å²) in [5, 5.41) is 0. The summed E-state index contributed by atoms with van der Waals surface area (Å²) in [4.78, 5) is 2.17. The van der Waals surface area contributed by atoms with Crippen molar-refractivity contribution in [3.05, 3.63) is 7.05 Å². The Labute approximate surface area is 57.0 Å². The lowest BCUT2D eigenvalue weighted by Crippen LogP contribution is -2.59. The van der Waals surface area contributed by atoms with E-state index in [2.05, 4.69) is 18.9 Å². The first kappa shape index (κ1) is 5.72. The van der Waals surface area contributed by atoms with E-state index in [9.17, 15) is 0 Å². The summed E-state index contributed by atoms with van der Waals surface area (Å²) in [5.41, 5.74) is 0.751. The molecule has 1 saturated carbocycles. The molecule has 1 heteroatoms. The molecule has 0 aromatic carbocycles. The van der Waals surface area contributed by atoms with Gasteiger partial charge >= 0.3 is 0 Å². The highest BCUT2D eigenvalue weighted by atomic mass is 15.2. The van der Waals surface area contributed by atoms with Crippen LogP contribution in [0.25, 0.3) is 0 Å². The second-order valence-electron chi connectivity index (χ2n) is 4.00. The van der Waals surface area contributed by atoms with Gasteiger partial charge in [-0.25, -0.2) is 0 Å². The van der Waals surface area contributed by atoms with E-state index in [1.165, 1.54) is 25.9 Å². The zero-order valence-electron chi connectivity index (χ0n) is 6.06. The van der Waals surface area contributed by atoms with Crippen LogP contribution < -0.4 is 0 Å². The Morgan fingerprint density at radius 1 is 1.44 bits per heavy atom. The fraction of sp³-hybridized carbons (Fsp3) is 0.875. The average molecular weight is 124 g/mol. The van der Waals surface area contributed by atoms with Gasteiger partial charge in [-0.3, -0.25) is 7.05 Å². The van der Waals surface area contributed by atoms with Gasteiger partial charge in [-0.1, -0.05) is 6.92 Å². The molecule has 0 N–H and O–H groups in total. The van der Waals surface area contributed by atoms with Gasteiger partial charge in [0.05, 0.1) is 0 Å². The molecule has 0 aromatic rings. The summed E-state index contributed by atoms with van der Waals surface area (Å²) in [7, 11) is 3.88. The Hall–Kier alpha value is -0.0400. The molecule has 0 aromatic heterocycles. The summed E-state index contributed by atoms with van der Waals surface area (Å²) in [6, 6.07) is 0. The molecule has 2 fully saturated rings. The molecule has 1 nitrogen and oxygen atoms in total. The zero-order chi connectivity index (χ0) is 6.48. The van der Waals surface area contributed by atoms with Gasteiger partial charge in [-0.05, 0) is 37.3 Å². The number of likely N-dealkylation sites (tertiary alicyclic amines) is 1. The van der Waals surface area contributed by atoms with E-state index in [4.69, 9.17) is 0 Å². The molecule has 1 spiro atoms. The third-order valence-electron chi connectivity index (χ3n) is 2.68. The number of rotatable bonds is 0. The van der Waals surface area contributed by atoms with Crippen LogP contribution in [0, 0.1) is 18.4 Å². The molecular formula is C8H14N-. The van der Waals surface area contributed by atoms with Crippen LogP contribution in [0.15, 0.2) is 0 Å². The standard InChI is InChI=1S/C8H14N/c1-7-3-8(4-7)5-9(2)6-8/h7H,2-6H2,1H3/q-1. The van der Waals surface area contributed by atoms with E-state index in [1.807, 2.05) is 0 Å². The van der Waals surface area contributed by atoms with Crippen LogP contribution in [-0.2, 0) is 0 Å². The predicted octanol–water partition coefficient (Wildman–Crippen LogP) is 1.51. The van der Waals surface area contributed by atoms with Crippen LogP contribution in [-0.4, -0.2) is 18.0 Å². The molecule has 9 heavy (non-hydrogen) atoms. The van der Waals surface area contributed by atoms with Gasteiger partial charge in [0.25, 0.3) is 0 Å². The van der Waals surface area contributed by atoms with Crippen LogP contribution in [0.5, 0.6) is 0 Å². The largest absolute Gasteiger partial charge is 0.458 e. The molecule has 0 unspecified atom stereocenters. The Morgan fingerprint density at radius 2 is 2.00 bits per heavy atom. The third-order valence-corrected chi connectivity index (χ3v) is 2.68. The van der Waals surface area contributed by atoms with Crippen molar-refractivity contribution in [1.82, 2.24) is 4.90 Å². The molecule has 52 valence electrons. The minimum Gasteiger partial charge on any atom is -0.458 e. The van der Waals surface area contributed by atoms with Crippen LogP contribution in [0.1, 0.15) is 19.8 Å². The van der Waals surface area contributed by atoms with E-state index < -0.39 is 0 Å². The molecule has 1 saturated heterocycles. The van der Waals surface area contributed by atoms with Crippen LogP contribution in [0.4, 0.5) is 0 Å². The van der Waals surface area contributed by atoms with Gasteiger partial charge in [0.15, 0.2) is 0 Å². The highest BCUT2D eigenvalue weighted by Crippen LogP contribution is 2.51. The SMILES string of the molecule is [CH2-]N1CC2(CC(C)C2)C1. The third kappa shape index (κ3) is 0.710. The molecule has 0 amide bonds. The fourth-order valence-electron chi connectivity index (χ4n) is 2.58. The Morgan fingerprint density at radius 3 is 2.33 bits per heavy atom. The van der Waals surface area contributed by atoms with Gasteiger partial charge < -0.3 is 4.90 Å². The normalized spacial score (nSPS) is 34.0. The second-order valence-corrected chi connectivity index (χ2v) is 4.00. The number of nitrogens with zero attached hydrogens (tertiary/aromatic N) is 1. The summed E-state index contributed by atoms with van der Waals surface area (Å²) in [6.07, 6.45) is 2.91. The van der Waals surface area contributed by atoms with Crippen molar-refractivity contribution in [3.63, 3.8) is 0 Å². The van der Waals surface area contributed by atoms with Crippen LogP contribution in [0.3, 0.4) is 0 Å². The number of hydrogen-bond donors (Lipinski definition) is 0. The Kier molecular flexibility index (Phi) is 0.963. The van der Waals surface area contributed by atoms with E-state index in [-0.39, 0.29) is 0 Å². The molecule has 0 bridgehead atoms. The summed E-state index contributed by atoms with van der Waals surface area (Å²) in [5.74, 6) is 0.999. The van der Waals surface area contributed by atoms with E-state index in [0.29, 0.717) is 0 Å². The van der Waals surface area contributed by atoms with Gasteiger partial charge in [0.2, 0.25) is 0 Å². The predicted molar refractivity (Wildman–Crippen MR) is 37.8 cm³/mol.